The number of hydrogen-bond donors (Lipinski definition) is 1. The van der Waals surface area contributed by atoms with E-state index in [1.807, 2.05) is 0 Å². The van der Waals surface area contributed by atoms with Crippen LogP contribution in [0.2, 0.25) is 0 Å². The van der Waals surface area contributed by atoms with E-state index < -0.39 is 16.1 Å². The van der Waals surface area contributed by atoms with Crippen molar-refractivity contribution < 1.29 is 22.4 Å². The molecule has 2 fully saturated rings. The zero-order valence-corrected chi connectivity index (χ0v) is 18.8. The molecule has 2 aliphatic heterocycles. The predicted molar refractivity (Wildman–Crippen MR) is 118 cm³/mol. The molecule has 2 amide bonds. The van der Waals surface area contributed by atoms with Gasteiger partial charge in [-0.25, -0.2) is 8.42 Å². The van der Waals surface area contributed by atoms with Crippen LogP contribution in [-0.2, 0) is 14.8 Å². The Bertz CT molecular complexity index is 1020. The zero-order valence-electron chi connectivity index (χ0n) is 18.0. The van der Waals surface area contributed by atoms with Gasteiger partial charge in [-0.3, -0.25) is 9.59 Å². The first-order valence-corrected chi connectivity index (χ1v) is 12.6. The van der Waals surface area contributed by atoms with Gasteiger partial charge < -0.3 is 14.6 Å². The van der Waals surface area contributed by atoms with Crippen molar-refractivity contribution in [1.82, 2.24) is 14.5 Å². The van der Waals surface area contributed by atoms with Crippen LogP contribution < -0.4 is 5.32 Å². The van der Waals surface area contributed by atoms with Crippen LogP contribution >= 0.6 is 0 Å². The maximum atomic E-state index is 12.9. The first kappa shape index (κ1) is 22.5. The lowest BCUT2D eigenvalue weighted by molar-refractivity contribution is -0.126. The summed E-state index contributed by atoms with van der Waals surface area (Å²) in [6.07, 6.45) is 5.22. The van der Waals surface area contributed by atoms with Crippen molar-refractivity contribution in [3.05, 3.63) is 54.5 Å². The standard InChI is InChI=1S/C23H29N3O5S/c27-22(20-9-4-5-13-26(20)23(28)21-10-6-16-31-21)24-17-18-11-14-25(15-12-18)32(29,30)19-7-2-1-3-8-19/h1-3,6-8,10,16,18,20H,4-5,9,11-15,17H2,(H,24,27). The zero-order chi connectivity index (χ0) is 22.6. The monoisotopic (exact) mass is 459 g/mol. The molecular weight excluding hydrogens is 430 g/mol. The Labute approximate surface area is 188 Å². The van der Waals surface area contributed by atoms with Crippen molar-refractivity contribution in [2.75, 3.05) is 26.2 Å². The summed E-state index contributed by atoms with van der Waals surface area (Å²) in [7, 11) is -3.48. The lowest BCUT2D eigenvalue weighted by Crippen LogP contribution is -2.52. The highest BCUT2D eigenvalue weighted by molar-refractivity contribution is 7.89. The number of amides is 2. The van der Waals surface area contributed by atoms with E-state index >= 15 is 0 Å². The second-order valence-electron chi connectivity index (χ2n) is 8.39. The van der Waals surface area contributed by atoms with Crippen LogP contribution in [0.25, 0.3) is 0 Å². The topological polar surface area (TPSA) is 99.9 Å². The van der Waals surface area contributed by atoms with E-state index in [4.69, 9.17) is 4.42 Å². The highest BCUT2D eigenvalue weighted by Crippen LogP contribution is 2.24. The van der Waals surface area contributed by atoms with Gasteiger partial charge in [0.2, 0.25) is 15.9 Å². The van der Waals surface area contributed by atoms with Gasteiger partial charge in [-0.15, -0.1) is 0 Å². The summed E-state index contributed by atoms with van der Waals surface area (Å²) in [6, 6.07) is 11.2. The Hall–Kier alpha value is -2.65. The van der Waals surface area contributed by atoms with E-state index in [1.54, 1.807) is 47.4 Å². The molecule has 3 heterocycles. The predicted octanol–water partition coefficient (Wildman–Crippen LogP) is 2.49. The Balaban J connectivity index is 1.29. The summed E-state index contributed by atoms with van der Waals surface area (Å²) >= 11 is 0. The van der Waals surface area contributed by atoms with Gasteiger partial charge in [0.05, 0.1) is 11.2 Å². The van der Waals surface area contributed by atoms with Crippen molar-refractivity contribution in [2.45, 2.75) is 43.0 Å². The number of benzene rings is 1. The van der Waals surface area contributed by atoms with Crippen LogP contribution in [0.1, 0.15) is 42.7 Å². The average Bonchev–Trinajstić information content (AvgIpc) is 3.38. The van der Waals surface area contributed by atoms with Crippen LogP contribution in [0.15, 0.2) is 58.0 Å². The molecule has 8 nitrogen and oxygen atoms in total. The molecule has 2 saturated heterocycles. The number of carbonyl (C=O) groups is 2. The van der Waals surface area contributed by atoms with E-state index in [9.17, 15) is 18.0 Å². The minimum atomic E-state index is -3.48. The van der Waals surface area contributed by atoms with E-state index in [0.717, 1.165) is 12.8 Å². The lowest BCUT2D eigenvalue weighted by Gasteiger charge is -2.35. The molecule has 9 heteroatoms. The number of rotatable bonds is 6. The van der Waals surface area contributed by atoms with E-state index in [1.165, 1.54) is 10.6 Å². The van der Waals surface area contributed by atoms with Crippen molar-refractivity contribution in [3.63, 3.8) is 0 Å². The molecule has 0 aliphatic carbocycles. The molecule has 1 unspecified atom stereocenters. The lowest BCUT2D eigenvalue weighted by atomic mass is 9.97. The summed E-state index contributed by atoms with van der Waals surface area (Å²) in [5.74, 6) is 0.0499. The van der Waals surface area contributed by atoms with Gasteiger partial charge in [-0.2, -0.15) is 4.31 Å². The van der Waals surface area contributed by atoms with Gasteiger partial charge >= 0.3 is 0 Å². The maximum absolute atomic E-state index is 12.9. The molecule has 0 bridgehead atoms. The van der Waals surface area contributed by atoms with Crippen LogP contribution in [-0.4, -0.2) is 61.7 Å². The minimum Gasteiger partial charge on any atom is -0.459 e. The Kier molecular flexibility index (Phi) is 6.95. The third-order valence-corrected chi connectivity index (χ3v) is 8.23. The molecule has 0 spiro atoms. The van der Waals surface area contributed by atoms with E-state index in [-0.39, 0.29) is 23.5 Å². The molecule has 1 aromatic heterocycles. The van der Waals surface area contributed by atoms with Gasteiger partial charge in [-0.05, 0) is 62.3 Å². The fourth-order valence-corrected chi connectivity index (χ4v) is 5.94. The van der Waals surface area contributed by atoms with Crippen LogP contribution in [0.4, 0.5) is 0 Å². The molecular formula is C23H29N3O5S. The number of sulfonamides is 1. The Morgan fingerprint density at radius 1 is 0.969 bits per heavy atom. The van der Waals surface area contributed by atoms with Crippen molar-refractivity contribution in [1.29, 1.82) is 0 Å². The first-order valence-electron chi connectivity index (χ1n) is 11.1. The third kappa shape index (κ3) is 4.88. The van der Waals surface area contributed by atoms with Gasteiger partial charge in [0, 0.05) is 26.2 Å². The minimum absolute atomic E-state index is 0.149. The highest BCUT2D eigenvalue weighted by atomic mass is 32.2. The molecule has 2 aromatic rings. The largest absolute Gasteiger partial charge is 0.459 e. The summed E-state index contributed by atoms with van der Waals surface area (Å²) in [5, 5.41) is 3.01. The quantitative estimate of drug-likeness (QED) is 0.715. The van der Waals surface area contributed by atoms with Crippen molar-refractivity contribution >= 4 is 21.8 Å². The number of piperidine rings is 2. The number of furan rings is 1. The maximum Gasteiger partial charge on any atom is 0.290 e. The summed E-state index contributed by atoms with van der Waals surface area (Å²) in [6.45, 7) is 1.89. The van der Waals surface area contributed by atoms with Crippen molar-refractivity contribution in [2.24, 2.45) is 5.92 Å². The van der Waals surface area contributed by atoms with Gasteiger partial charge in [-0.1, -0.05) is 18.2 Å². The fourth-order valence-electron chi connectivity index (χ4n) is 4.45. The number of carbonyl (C=O) groups excluding carboxylic acids is 2. The number of hydrogen-bond acceptors (Lipinski definition) is 5. The molecule has 1 N–H and O–H groups in total. The van der Waals surface area contributed by atoms with Gasteiger partial charge in [0.15, 0.2) is 5.76 Å². The number of nitrogens with zero attached hydrogens (tertiary/aromatic N) is 2. The Morgan fingerprint density at radius 3 is 2.41 bits per heavy atom. The molecule has 172 valence electrons. The molecule has 0 radical (unpaired) electrons. The van der Waals surface area contributed by atoms with E-state index in [0.29, 0.717) is 50.3 Å². The summed E-state index contributed by atoms with van der Waals surface area (Å²) < 4.78 is 32.3. The number of likely N-dealkylation sites (tertiary alicyclic amines) is 1. The second-order valence-corrected chi connectivity index (χ2v) is 10.3. The molecule has 4 rings (SSSR count). The average molecular weight is 460 g/mol. The summed E-state index contributed by atoms with van der Waals surface area (Å²) in [4.78, 5) is 27.5. The fraction of sp³-hybridized carbons (Fsp3) is 0.478. The van der Waals surface area contributed by atoms with Crippen LogP contribution in [0, 0.1) is 5.92 Å². The number of nitrogens with one attached hydrogen (secondary N) is 1. The second kappa shape index (κ2) is 9.87. The molecule has 0 saturated carbocycles. The summed E-state index contributed by atoms with van der Waals surface area (Å²) in [5.41, 5.74) is 0. The smallest absolute Gasteiger partial charge is 0.290 e. The highest BCUT2D eigenvalue weighted by Gasteiger charge is 2.34. The van der Waals surface area contributed by atoms with Crippen LogP contribution in [0.3, 0.4) is 0 Å². The van der Waals surface area contributed by atoms with Gasteiger partial charge in [0.25, 0.3) is 5.91 Å². The Morgan fingerprint density at radius 2 is 1.72 bits per heavy atom. The molecule has 32 heavy (non-hydrogen) atoms. The first-order chi connectivity index (χ1) is 15.5. The van der Waals surface area contributed by atoms with Crippen LogP contribution in [0.5, 0.6) is 0 Å². The van der Waals surface area contributed by atoms with Crippen molar-refractivity contribution in [3.8, 4) is 0 Å². The molecule has 1 aromatic carbocycles. The SMILES string of the molecule is O=C(NCC1CCN(S(=O)(=O)c2ccccc2)CC1)C1CCCCN1C(=O)c1ccco1. The van der Waals surface area contributed by atoms with E-state index in [2.05, 4.69) is 5.32 Å². The molecule has 2 aliphatic rings. The third-order valence-electron chi connectivity index (χ3n) is 6.32. The normalized spacial score (nSPS) is 20.8. The molecule has 1 atom stereocenters. The van der Waals surface area contributed by atoms with Gasteiger partial charge in [0.1, 0.15) is 6.04 Å².